The molecule has 0 saturated carbocycles. The van der Waals surface area contributed by atoms with Crippen LogP contribution in [-0.2, 0) is 6.54 Å². The highest BCUT2D eigenvalue weighted by Gasteiger charge is 2.28. The van der Waals surface area contributed by atoms with E-state index >= 15 is 0 Å². The molecule has 0 bridgehead atoms. The minimum absolute atomic E-state index is 0.00458. The molecule has 0 aliphatic carbocycles. The van der Waals surface area contributed by atoms with Crippen LogP contribution in [0.4, 0.5) is 0 Å². The van der Waals surface area contributed by atoms with E-state index in [1.807, 2.05) is 35.8 Å². The topological polar surface area (TPSA) is 61.1 Å². The molecule has 0 aromatic carbocycles. The van der Waals surface area contributed by atoms with Crippen LogP contribution in [0.1, 0.15) is 55.2 Å². The Morgan fingerprint density at radius 2 is 2.27 bits per heavy atom. The Labute approximate surface area is 155 Å². The fraction of sp³-hybridized carbons (Fsp3) is 0.600. The third-order valence-electron chi connectivity index (χ3n) is 5.34. The smallest absolute Gasteiger partial charge is 0.274 e. The fourth-order valence-corrected chi connectivity index (χ4v) is 3.82. The first-order chi connectivity index (χ1) is 12.7. The molecule has 6 nitrogen and oxygen atoms in total. The minimum Gasteiger partial charge on any atom is -0.396 e. The van der Waals surface area contributed by atoms with E-state index in [4.69, 9.17) is 0 Å². The van der Waals surface area contributed by atoms with E-state index in [2.05, 4.69) is 16.8 Å². The number of pyridine rings is 1. The van der Waals surface area contributed by atoms with Crippen LogP contribution in [0.5, 0.6) is 0 Å². The number of imidazole rings is 1. The van der Waals surface area contributed by atoms with Gasteiger partial charge in [-0.3, -0.25) is 9.69 Å². The summed E-state index contributed by atoms with van der Waals surface area (Å²) >= 11 is 0. The van der Waals surface area contributed by atoms with Gasteiger partial charge in [-0.25, -0.2) is 4.98 Å². The number of carbonyl (C=O) groups excluding carboxylic acids is 1. The molecule has 1 amide bonds. The average Bonchev–Trinajstić information content (AvgIpc) is 3.24. The molecular weight excluding hydrogens is 328 g/mol. The second-order valence-electron chi connectivity index (χ2n) is 7.20. The lowest BCUT2D eigenvalue weighted by Crippen LogP contribution is -2.33. The maximum atomic E-state index is 13.0. The van der Waals surface area contributed by atoms with Gasteiger partial charge in [0.1, 0.15) is 5.65 Å². The van der Waals surface area contributed by atoms with Gasteiger partial charge in [0.05, 0.1) is 5.69 Å². The number of nitrogens with zero attached hydrogens (tertiary/aromatic N) is 4. The van der Waals surface area contributed by atoms with E-state index in [1.54, 1.807) is 4.90 Å². The molecular formula is C20H30N4O2. The molecule has 142 valence electrons. The number of aliphatic hydroxyl groups excluding tert-OH is 1. The molecule has 0 unspecified atom stereocenters. The Morgan fingerprint density at radius 3 is 3.04 bits per heavy atom. The molecule has 6 heteroatoms. The van der Waals surface area contributed by atoms with Crippen molar-refractivity contribution < 1.29 is 9.90 Å². The maximum absolute atomic E-state index is 13.0. The first-order valence-corrected chi connectivity index (χ1v) is 9.72. The van der Waals surface area contributed by atoms with Gasteiger partial charge in [-0.1, -0.05) is 19.4 Å². The zero-order valence-electron chi connectivity index (χ0n) is 15.9. The lowest BCUT2D eigenvalue weighted by Gasteiger charge is -2.24. The van der Waals surface area contributed by atoms with Crippen molar-refractivity contribution in [3.8, 4) is 0 Å². The quantitative estimate of drug-likeness (QED) is 0.788. The molecule has 1 saturated heterocycles. The van der Waals surface area contributed by atoms with Crippen molar-refractivity contribution >= 4 is 11.6 Å². The van der Waals surface area contributed by atoms with Crippen molar-refractivity contribution in [2.45, 2.75) is 51.6 Å². The number of aliphatic hydroxyl groups is 1. The Morgan fingerprint density at radius 1 is 1.42 bits per heavy atom. The van der Waals surface area contributed by atoms with Crippen LogP contribution in [0.2, 0.25) is 0 Å². The van der Waals surface area contributed by atoms with Gasteiger partial charge < -0.3 is 14.4 Å². The average molecular weight is 358 g/mol. The van der Waals surface area contributed by atoms with E-state index in [0.717, 1.165) is 56.5 Å². The predicted molar refractivity (Wildman–Crippen MR) is 102 cm³/mol. The molecule has 26 heavy (non-hydrogen) atoms. The fourth-order valence-electron chi connectivity index (χ4n) is 3.82. The number of fused-ring (bicyclic) bond motifs is 1. The molecule has 0 spiro atoms. The summed E-state index contributed by atoms with van der Waals surface area (Å²) in [5.41, 5.74) is 2.33. The number of rotatable bonds is 8. The van der Waals surface area contributed by atoms with Crippen molar-refractivity contribution in [1.82, 2.24) is 19.2 Å². The van der Waals surface area contributed by atoms with E-state index in [1.165, 1.54) is 0 Å². The molecule has 2 aromatic heterocycles. The number of hydrogen-bond donors (Lipinski definition) is 1. The van der Waals surface area contributed by atoms with E-state index in [-0.39, 0.29) is 12.5 Å². The molecule has 1 atom stereocenters. The number of aromatic nitrogens is 2. The highest BCUT2D eigenvalue weighted by Crippen LogP contribution is 2.24. The Kier molecular flexibility index (Phi) is 6.27. The van der Waals surface area contributed by atoms with Crippen LogP contribution in [-0.4, -0.2) is 63.0 Å². The number of hydrogen-bond acceptors (Lipinski definition) is 4. The molecule has 3 heterocycles. The summed E-state index contributed by atoms with van der Waals surface area (Å²) in [5.74, 6) is -0.00458. The lowest BCUT2D eigenvalue weighted by molar-refractivity contribution is 0.0785. The van der Waals surface area contributed by atoms with Crippen molar-refractivity contribution in [2.75, 3.05) is 26.7 Å². The van der Waals surface area contributed by atoms with Gasteiger partial charge in [0, 0.05) is 39.0 Å². The minimum atomic E-state index is -0.00458. The van der Waals surface area contributed by atoms with Crippen LogP contribution >= 0.6 is 0 Å². The number of likely N-dealkylation sites (tertiary alicyclic amines) is 1. The summed E-state index contributed by atoms with van der Waals surface area (Å²) in [4.78, 5) is 21.8. The van der Waals surface area contributed by atoms with E-state index < -0.39 is 0 Å². The van der Waals surface area contributed by atoms with Gasteiger partial charge >= 0.3 is 0 Å². The number of unbranched alkanes of at least 4 members (excludes halogenated alkanes) is 1. The molecule has 1 aliphatic rings. The first-order valence-electron chi connectivity index (χ1n) is 9.72. The van der Waals surface area contributed by atoms with Crippen molar-refractivity contribution in [2.24, 2.45) is 0 Å². The summed E-state index contributed by atoms with van der Waals surface area (Å²) in [6.07, 6.45) is 7.08. The largest absolute Gasteiger partial charge is 0.396 e. The highest BCUT2D eigenvalue weighted by molar-refractivity contribution is 5.94. The van der Waals surface area contributed by atoms with Crippen LogP contribution in [0, 0.1) is 0 Å². The Hall–Kier alpha value is -1.92. The zero-order valence-corrected chi connectivity index (χ0v) is 15.9. The van der Waals surface area contributed by atoms with Gasteiger partial charge in [-0.05, 0) is 44.4 Å². The third kappa shape index (κ3) is 3.91. The first kappa shape index (κ1) is 18.9. The van der Waals surface area contributed by atoms with Crippen LogP contribution in [0.3, 0.4) is 0 Å². The van der Waals surface area contributed by atoms with Crippen molar-refractivity contribution in [3.63, 3.8) is 0 Å². The third-order valence-corrected chi connectivity index (χ3v) is 5.34. The standard InChI is InChI=1S/C20H30N4O2/c1-3-4-11-22(2)20(26)19-17(24-13-6-5-9-18(24)21-19)15-23-12-7-8-16(23)10-14-25/h5-6,9,13,16,25H,3-4,7-8,10-12,14-15H2,1-2H3/t16-/m1/s1. The Bertz CT molecular complexity index is 742. The van der Waals surface area contributed by atoms with E-state index in [9.17, 15) is 9.90 Å². The van der Waals surface area contributed by atoms with Gasteiger partial charge in [0.25, 0.3) is 5.91 Å². The van der Waals surface area contributed by atoms with Gasteiger partial charge in [0.2, 0.25) is 0 Å². The van der Waals surface area contributed by atoms with Crippen LogP contribution < -0.4 is 0 Å². The van der Waals surface area contributed by atoms with Gasteiger partial charge in [-0.2, -0.15) is 0 Å². The highest BCUT2D eigenvalue weighted by atomic mass is 16.3. The summed E-state index contributed by atoms with van der Waals surface area (Å²) in [6.45, 7) is 4.78. The summed E-state index contributed by atoms with van der Waals surface area (Å²) in [7, 11) is 1.86. The molecule has 1 aliphatic heterocycles. The van der Waals surface area contributed by atoms with Crippen LogP contribution in [0.15, 0.2) is 24.4 Å². The summed E-state index contributed by atoms with van der Waals surface area (Å²) < 4.78 is 2.04. The normalized spacial score (nSPS) is 17.9. The Balaban J connectivity index is 1.91. The van der Waals surface area contributed by atoms with Crippen molar-refractivity contribution in [3.05, 3.63) is 35.8 Å². The summed E-state index contributed by atoms with van der Waals surface area (Å²) in [6, 6.07) is 6.25. The SMILES string of the molecule is CCCCN(C)C(=O)c1nc2ccccn2c1CN1CCC[C@@H]1CCO. The molecule has 1 fully saturated rings. The number of amides is 1. The zero-order chi connectivity index (χ0) is 18.5. The van der Waals surface area contributed by atoms with Gasteiger partial charge in [0.15, 0.2) is 5.69 Å². The predicted octanol–water partition coefficient (Wildman–Crippen LogP) is 2.55. The summed E-state index contributed by atoms with van der Waals surface area (Å²) in [5, 5.41) is 9.34. The van der Waals surface area contributed by atoms with Crippen LogP contribution in [0.25, 0.3) is 5.65 Å². The molecule has 2 aromatic rings. The maximum Gasteiger partial charge on any atom is 0.274 e. The molecule has 3 rings (SSSR count). The van der Waals surface area contributed by atoms with Crippen molar-refractivity contribution in [1.29, 1.82) is 0 Å². The van der Waals surface area contributed by atoms with Gasteiger partial charge in [-0.15, -0.1) is 0 Å². The second-order valence-corrected chi connectivity index (χ2v) is 7.20. The van der Waals surface area contributed by atoms with E-state index in [0.29, 0.717) is 18.3 Å². The lowest BCUT2D eigenvalue weighted by atomic mass is 10.1. The number of carbonyl (C=O) groups is 1. The monoisotopic (exact) mass is 358 g/mol. The second kappa shape index (κ2) is 8.64. The molecule has 0 radical (unpaired) electrons. The molecule has 1 N–H and O–H groups in total.